The second-order valence-corrected chi connectivity index (χ2v) is 9.78. The maximum absolute atomic E-state index is 12.9. The number of sulfonamides is 1. The number of allylic oxidation sites excluding steroid dienone is 2. The molecule has 3 N–H and O–H groups in total. The van der Waals surface area contributed by atoms with Gasteiger partial charge in [0, 0.05) is 11.1 Å². The van der Waals surface area contributed by atoms with Crippen molar-refractivity contribution in [2.75, 3.05) is 5.73 Å². The maximum atomic E-state index is 12.9. The van der Waals surface area contributed by atoms with Crippen molar-refractivity contribution in [2.45, 2.75) is 56.9 Å². The van der Waals surface area contributed by atoms with Gasteiger partial charge < -0.3 is 5.73 Å². The van der Waals surface area contributed by atoms with Crippen LogP contribution in [0, 0.1) is 0 Å². The first kappa shape index (κ1) is 21.0. The number of aromatic nitrogens is 2. The molecule has 2 aromatic rings. The molecule has 0 atom stereocenters. The van der Waals surface area contributed by atoms with E-state index >= 15 is 0 Å². The Morgan fingerprint density at radius 2 is 1.86 bits per heavy atom. The van der Waals surface area contributed by atoms with E-state index in [1.807, 2.05) is 20.8 Å². The van der Waals surface area contributed by atoms with Crippen molar-refractivity contribution in [1.82, 2.24) is 14.7 Å². The summed E-state index contributed by atoms with van der Waals surface area (Å²) >= 11 is 0. The fraction of sp³-hybridized carbons (Fsp3) is 0.381. The van der Waals surface area contributed by atoms with Gasteiger partial charge in [-0.2, -0.15) is 8.42 Å². The Morgan fingerprint density at radius 3 is 2.48 bits per heavy atom. The predicted molar refractivity (Wildman–Crippen MR) is 113 cm³/mol. The summed E-state index contributed by atoms with van der Waals surface area (Å²) in [6, 6.07) is 7.66. The van der Waals surface area contributed by atoms with E-state index in [-0.39, 0.29) is 21.8 Å². The number of rotatable bonds is 4. The molecule has 1 aliphatic rings. The van der Waals surface area contributed by atoms with Gasteiger partial charge in [0.05, 0.1) is 11.3 Å². The van der Waals surface area contributed by atoms with Crippen molar-refractivity contribution in [3.63, 3.8) is 0 Å². The standard InChI is InChI=1S/C21H26N4O3S/c1-21(2,3)16-13-12-15(19(23-16)14-8-5-4-6-9-14)20(26)25-29(27,28)18-11-7-10-17(22)24-18/h7-8,10-13H,4-6,9H2,1-3H3,(H2,22,24)(H,25,26). The van der Waals surface area contributed by atoms with E-state index in [1.54, 1.807) is 12.1 Å². The molecule has 8 heteroatoms. The average Bonchev–Trinajstić information content (AvgIpc) is 2.67. The Labute approximate surface area is 171 Å². The minimum absolute atomic E-state index is 0.0598. The van der Waals surface area contributed by atoms with E-state index in [0.29, 0.717) is 5.69 Å². The van der Waals surface area contributed by atoms with Gasteiger partial charge in [0.1, 0.15) is 5.82 Å². The molecule has 3 rings (SSSR count). The lowest BCUT2D eigenvalue weighted by Crippen LogP contribution is -2.32. The van der Waals surface area contributed by atoms with E-state index in [1.165, 1.54) is 18.2 Å². The number of nitrogens with zero attached hydrogens (tertiary/aromatic N) is 2. The van der Waals surface area contributed by atoms with Crippen LogP contribution in [0.3, 0.4) is 0 Å². The van der Waals surface area contributed by atoms with Crippen LogP contribution < -0.4 is 10.5 Å². The Hall–Kier alpha value is -2.74. The van der Waals surface area contributed by atoms with Gasteiger partial charge in [-0.1, -0.05) is 32.9 Å². The third-order valence-corrected chi connectivity index (χ3v) is 5.98. The Morgan fingerprint density at radius 1 is 1.10 bits per heavy atom. The summed E-state index contributed by atoms with van der Waals surface area (Å²) in [6.45, 7) is 6.14. The first-order valence-corrected chi connectivity index (χ1v) is 11.1. The fourth-order valence-corrected chi connectivity index (χ4v) is 4.11. The van der Waals surface area contributed by atoms with Crippen molar-refractivity contribution in [1.29, 1.82) is 0 Å². The third kappa shape index (κ3) is 4.82. The first-order valence-electron chi connectivity index (χ1n) is 9.58. The van der Waals surface area contributed by atoms with Gasteiger partial charge in [0.25, 0.3) is 15.9 Å². The molecule has 154 valence electrons. The van der Waals surface area contributed by atoms with Crippen LogP contribution in [0.15, 0.2) is 41.4 Å². The molecule has 0 unspecified atom stereocenters. The highest BCUT2D eigenvalue weighted by atomic mass is 32.2. The number of hydrogen-bond donors (Lipinski definition) is 2. The normalized spacial score (nSPS) is 14.9. The number of nitrogens with two attached hydrogens (primary N) is 1. The van der Waals surface area contributed by atoms with Crippen molar-refractivity contribution in [3.05, 3.63) is 53.4 Å². The zero-order valence-corrected chi connectivity index (χ0v) is 17.7. The lowest BCUT2D eigenvalue weighted by Gasteiger charge is -2.22. The number of nitrogens with one attached hydrogen (secondary N) is 1. The van der Waals surface area contributed by atoms with Gasteiger partial charge in [-0.25, -0.2) is 9.71 Å². The SMILES string of the molecule is CC(C)(C)c1ccc(C(=O)NS(=O)(=O)c2cccc(N)n2)c(C2=CCCCC2)n1. The summed E-state index contributed by atoms with van der Waals surface area (Å²) < 4.78 is 27.3. The van der Waals surface area contributed by atoms with E-state index in [4.69, 9.17) is 10.7 Å². The van der Waals surface area contributed by atoms with Crippen molar-refractivity contribution in [3.8, 4) is 0 Å². The van der Waals surface area contributed by atoms with Crippen LogP contribution in [-0.2, 0) is 15.4 Å². The summed E-state index contributed by atoms with van der Waals surface area (Å²) in [6.07, 6.45) is 5.93. The summed E-state index contributed by atoms with van der Waals surface area (Å²) in [5, 5.41) is -0.302. The van der Waals surface area contributed by atoms with Crippen LogP contribution in [0.25, 0.3) is 5.57 Å². The summed E-state index contributed by atoms with van der Waals surface area (Å²) in [7, 11) is -4.15. The summed E-state index contributed by atoms with van der Waals surface area (Å²) in [5.74, 6) is -0.673. The molecule has 2 heterocycles. The molecule has 0 saturated carbocycles. The molecule has 0 radical (unpaired) electrons. The number of pyridine rings is 2. The van der Waals surface area contributed by atoms with Crippen LogP contribution in [-0.4, -0.2) is 24.3 Å². The van der Waals surface area contributed by atoms with Gasteiger partial charge >= 0.3 is 0 Å². The minimum Gasteiger partial charge on any atom is -0.384 e. The molecule has 0 fully saturated rings. The van der Waals surface area contributed by atoms with Crippen molar-refractivity contribution >= 4 is 27.3 Å². The molecule has 0 bridgehead atoms. The van der Waals surface area contributed by atoms with Gasteiger partial charge in [0.2, 0.25) is 0 Å². The second kappa shape index (κ2) is 7.94. The Kier molecular flexibility index (Phi) is 5.75. The Bertz CT molecular complexity index is 1070. The molecule has 7 nitrogen and oxygen atoms in total. The molecule has 0 aliphatic heterocycles. The first-order chi connectivity index (χ1) is 13.6. The maximum Gasteiger partial charge on any atom is 0.281 e. The van der Waals surface area contributed by atoms with E-state index in [0.717, 1.165) is 37.0 Å². The van der Waals surface area contributed by atoms with Crippen molar-refractivity contribution in [2.24, 2.45) is 0 Å². The zero-order valence-electron chi connectivity index (χ0n) is 16.9. The minimum atomic E-state index is -4.15. The highest BCUT2D eigenvalue weighted by Gasteiger charge is 2.26. The van der Waals surface area contributed by atoms with Gasteiger partial charge in [-0.05, 0) is 55.5 Å². The number of carbonyl (C=O) groups is 1. The van der Waals surface area contributed by atoms with Crippen LogP contribution in [0.1, 0.15) is 68.2 Å². The topological polar surface area (TPSA) is 115 Å². The third-order valence-electron chi connectivity index (χ3n) is 4.75. The lowest BCUT2D eigenvalue weighted by molar-refractivity contribution is 0.0980. The Balaban J connectivity index is 2.00. The van der Waals surface area contributed by atoms with E-state index < -0.39 is 15.9 Å². The van der Waals surface area contributed by atoms with Crippen LogP contribution >= 0.6 is 0 Å². The fourth-order valence-electron chi connectivity index (χ4n) is 3.17. The predicted octanol–water partition coefficient (Wildman–Crippen LogP) is 3.43. The molecule has 2 aromatic heterocycles. The molecule has 0 spiro atoms. The van der Waals surface area contributed by atoms with Gasteiger partial charge in [0.15, 0.2) is 5.03 Å². The zero-order chi connectivity index (χ0) is 21.2. The molecule has 29 heavy (non-hydrogen) atoms. The van der Waals surface area contributed by atoms with E-state index in [2.05, 4.69) is 15.8 Å². The largest absolute Gasteiger partial charge is 0.384 e. The summed E-state index contributed by atoms with van der Waals surface area (Å²) in [4.78, 5) is 21.5. The molecule has 0 aromatic carbocycles. The molecule has 1 aliphatic carbocycles. The van der Waals surface area contributed by atoms with Crippen molar-refractivity contribution < 1.29 is 13.2 Å². The lowest BCUT2D eigenvalue weighted by atomic mass is 9.89. The molecular weight excluding hydrogens is 388 g/mol. The van der Waals surface area contributed by atoms with Crippen LogP contribution in [0.5, 0.6) is 0 Å². The van der Waals surface area contributed by atoms with E-state index in [9.17, 15) is 13.2 Å². The number of amides is 1. The van der Waals surface area contributed by atoms with Crippen LogP contribution in [0.4, 0.5) is 5.82 Å². The average molecular weight is 415 g/mol. The number of carbonyl (C=O) groups excluding carboxylic acids is 1. The van der Waals surface area contributed by atoms with Crippen LogP contribution in [0.2, 0.25) is 0 Å². The highest BCUT2D eigenvalue weighted by molar-refractivity contribution is 7.90. The summed E-state index contributed by atoms with van der Waals surface area (Å²) in [5.41, 5.74) is 7.98. The second-order valence-electron chi connectivity index (χ2n) is 8.15. The smallest absolute Gasteiger partial charge is 0.281 e. The molecular formula is C21H26N4O3S. The number of anilines is 1. The number of nitrogen functional groups attached to an aromatic ring is 1. The van der Waals surface area contributed by atoms with Gasteiger partial charge in [-0.3, -0.25) is 9.78 Å². The quantitative estimate of drug-likeness (QED) is 0.792. The highest BCUT2D eigenvalue weighted by Crippen LogP contribution is 2.30. The monoisotopic (exact) mass is 414 g/mol. The molecule has 0 saturated heterocycles. The molecule has 1 amide bonds. The number of hydrogen-bond acceptors (Lipinski definition) is 6. The van der Waals surface area contributed by atoms with Gasteiger partial charge in [-0.15, -0.1) is 0 Å².